The number of Topliss-reactive ketones (excluding diaryl/α,β-unsaturated/α-hetero) is 1. The molecule has 208 valence electrons. The molecule has 10 heteroatoms. The molecule has 10 nitrogen and oxygen atoms in total. The van der Waals surface area contributed by atoms with E-state index >= 15 is 0 Å². The molecule has 0 aliphatic heterocycles. The van der Waals surface area contributed by atoms with Crippen molar-refractivity contribution in [1.82, 2.24) is 5.32 Å². The van der Waals surface area contributed by atoms with Crippen molar-refractivity contribution in [3.05, 3.63) is 23.8 Å². The Morgan fingerprint density at radius 3 is 2.61 bits per heavy atom. The Labute approximate surface area is 221 Å². The van der Waals surface area contributed by atoms with Crippen molar-refractivity contribution in [2.45, 2.75) is 83.5 Å². The molecule has 1 amide bonds. The second-order valence-electron chi connectivity index (χ2n) is 11.8. The molecule has 8 atom stereocenters. The molecule has 0 spiro atoms. The van der Waals surface area contributed by atoms with Crippen LogP contribution in [0.3, 0.4) is 0 Å². The molecule has 3 saturated carbocycles. The van der Waals surface area contributed by atoms with Crippen LogP contribution in [0.2, 0.25) is 0 Å². The molecule has 0 aromatic heterocycles. The lowest BCUT2D eigenvalue weighted by Gasteiger charge is -2.59. The van der Waals surface area contributed by atoms with E-state index in [9.17, 15) is 39.3 Å². The lowest BCUT2D eigenvalue weighted by molar-refractivity contribution is -0.307. The molecule has 4 rings (SSSR count). The predicted molar refractivity (Wildman–Crippen MR) is 131 cm³/mol. The van der Waals surface area contributed by atoms with Crippen LogP contribution in [0.5, 0.6) is 0 Å². The highest BCUT2D eigenvalue weighted by Gasteiger charge is 2.68. The fourth-order valence-electron chi connectivity index (χ4n) is 7.71. The Morgan fingerprint density at radius 2 is 1.92 bits per heavy atom. The van der Waals surface area contributed by atoms with Gasteiger partial charge in [-0.25, -0.2) is 0 Å². The van der Waals surface area contributed by atoms with Gasteiger partial charge in [0.15, 0.2) is 12.4 Å². The summed E-state index contributed by atoms with van der Waals surface area (Å²) in [6, 6.07) is -1.21. The average Bonchev–Trinajstić information content (AvgIpc) is 3.12. The molecule has 0 aromatic carbocycles. The van der Waals surface area contributed by atoms with Crippen molar-refractivity contribution >= 4 is 29.4 Å². The zero-order chi connectivity index (χ0) is 28.0. The van der Waals surface area contributed by atoms with Crippen LogP contribution in [0.1, 0.15) is 65.7 Å². The van der Waals surface area contributed by atoms with Crippen molar-refractivity contribution in [3.63, 3.8) is 0 Å². The number of carboxylic acid groups (broad SMARTS) is 1. The van der Waals surface area contributed by atoms with Crippen LogP contribution in [0, 0.1) is 28.6 Å². The lowest BCUT2D eigenvalue weighted by Crippen LogP contribution is -2.61. The fraction of sp³-hybridized carbons (Fsp3) is 0.679. The first-order valence-electron chi connectivity index (χ1n) is 13.3. The Hall–Kier alpha value is -2.85. The highest BCUT2D eigenvalue weighted by atomic mass is 16.5. The number of amides is 1. The third-order valence-electron chi connectivity index (χ3n) is 9.76. The highest BCUT2D eigenvalue weighted by molar-refractivity contribution is 6.01. The number of ether oxygens (including phenoxy) is 1. The number of carboxylic acids is 1. The topological polar surface area (TPSA) is 170 Å². The number of nitrogens with one attached hydrogen (secondary N) is 1. The number of carbonyl (C=O) groups is 5. The van der Waals surface area contributed by atoms with Gasteiger partial charge in [0.05, 0.1) is 24.5 Å². The minimum absolute atomic E-state index is 0.0284. The lowest BCUT2D eigenvalue weighted by atomic mass is 9.46. The molecular weight excluding hydrogens is 494 g/mol. The van der Waals surface area contributed by atoms with Gasteiger partial charge < -0.3 is 30.2 Å². The summed E-state index contributed by atoms with van der Waals surface area (Å²) in [5.41, 5.74) is -2.12. The van der Waals surface area contributed by atoms with Gasteiger partial charge in [0, 0.05) is 23.2 Å². The van der Waals surface area contributed by atoms with Crippen molar-refractivity contribution in [2.75, 3.05) is 6.61 Å². The Bertz CT molecular complexity index is 1110. The molecule has 4 aliphatic rings. The van der Waals surface area contributed by atoms with Gasteiger partial charge in [-0.3, -0.25) is 19.2 Å². The summed E-state index contributed by atoms with van der Waals surface area (Å²) < 4.78 is 5.07. The number of ketones is 2. The minimum Gasteiger partial charge on any atom is -0.548 e. The Balaban J connectivity index is 1.40. The first-order chi connectivity index (χ1) is 17.7. The number of allylic oxidation sites excluding steroid dienone is 4. The van der Waals surface area contributed by atoms with E-state index in [-0.39, 0.29) is 49.2 Å². The van der Waals surface area contributed by atoms with E-state index in [1.165, 1.54) is 6.92 Å². The van der Waals surface area contributed by atoms with Crippen LogP contribution < -0.4 is 10.4 Å². The average molecular weight is 531 g/mol. The van der Waals surface area contributed by atoms with Gasteiger partial charge in [-0.1, -0.05) is 25.5 Å². The number of hydrogen-bond acceptors (Lipinski definition) is 9. The van der Waals surface area contributed by atoms with Crippen molar-refractivity contribution in [1.29, 1.82) is 0 Å². The van der Waals surface area contributed by atoms with Crippen molar-refractivity contribution < 1.29 is 44.0 Å². The van der Waals surface area contributed by atoms with E-state index in [0.29, 0.717) is 12.8 Å². The maximum Gasteiger partial charge on any atom is 0.306 e. The molecule has 0 unspecified atom stereocenters. The smallest absolute Gasteiger partial charge is 0.306 e. The predicted octanol–water partition coefficient (Wildman–Crippen LogP) is 0.143. The third kappa shape index (κ3) is 4.62. The van der Waals surface area contributed by atoms with E-state index in [1.807, 2.05) is 13.0 Å². The maximum atomic E-state index is 13.3. The summed E-state index contributed by atoms with van der Waals surface area (Å²) in [4.78, 5) is 59.9. The molecule has 0 aromatic rings. The van der Waals surface area contributed by atoms with E-state index in [0.717, 1.165) is 12.0 Å². The molecular formula is C28H36NO9-. The normalized spacial score (nSPS) is 38.2. The van der Waals surface area contributed by atoms with Gasteiger partial charge in [0.1, 0.15) is 5.60 Å². The monoisotopic (exact) mass is 530 g/mol. The molecule has 3 fully saturated rings. The van der Waals surface area contributed by atoms with E-state index in [2.05, 4.69) is 12.2 Å². The molecule has 0 heterocycles. The van der Waals surface area contributed by atoms with Crippen LogP contribution in [-0.2, 0) is 28.7 Å². The largest absolute Gasteiger partial charge is 0.548 e. The van der Waals surface area contributed by atoms with Gasteiger partial charge in [-0.2, -0.15) is 0 Å². The molecule has 38 heavy (non-hydrogen) atoms. The maximum absolute atomic E-state index is 13.3. The summed E-state index contributed by atoms with van der Waals surface area (Å²) in [6.07, 6.45) is 6.12. The van der Waals surface area contributed by atoms with Gasteiger partial charge in [-0.05, 0) is 63.0 Å². The number of aliphatic hydroxyl groups is 2. The van der Waals surface area contributed by atoms with Crippen LogP contribution in [-0.4, -0.2) is 64.0 Å². The van der Waals surface area contributed by atoms with Crippen LogP contribution in [0.25, 0.3) is 0 Å². The van der Waals surface area contributed by atoms with E-state index in [4.69, 9.17) is 4.74 Å². The minimum atomic E-state index is -1.78. The Morgan fingerprint density at radius 1 is 1.21 bits per heavy atom. The quantitative estimate of drug-likeness (QED) is 0.369. The fourth-order valence-corrected chi connectivity index (χ4v) is 7.71. The van der Waals surface area contributed by atoms with Gasteiger partial charge in [0.2, 0.25) is 11.7 Å². The van der Waals surface area contributed by atoms with E-state index in [1.54, 1.807) is 12.2 Å². The molecule has 4 aliphatic carbocycles. The van der Waals surface area contributed by atoms with Gasteiger partial charge in [0.25, 0.3) is 0 Å². The van der Waals surface area contributed by atoms with Crippen LogP contribution in [0.15, 0.2) is 23.8 Å². The standard InChI is InChI=1S/C28H37NO9/c1-15(25(35)36)29-22(33)6-7-23(34)38-14-21(32)28(37)11-9-19-18-5-4-16-12-17(30)8-10-26(16,2)24(18)20(31)13-27(19,28)3/h8,10,12,15,18-20,24,31,37H,4-7,9,11,13-14H2,1-3H3,(H,29,33)(H,35,36)/p-1/t15-,18+,19+,20-,24-,26+,27+,28-/m1/s1. The van der Waals surface area contributed by atoms with Gasteiger partial charge >= 0.3 is 5.97 Å². The number of fused-ring (bicyclic) bond motifs is 5. The molecule has 0 bridgehead atoms. The number of rotatable bonds is 8. The number of hydrogen-bond donors (Lipinski definition) is 3. The van der Waals surface area contributed by atoms with Crippen molar-refractivity contribution in [2.24, 2.45) is 28.6 Å². The van der Waals surface area contributed by atoms with E-state index < -0.39 is 58.8 Å². The number of aliphatic carboxylic acids is 1. The summed E-state index contributed by atoms with van der Waals surface area (Å²) >= 11 is 0. The zero-order valence-corrected chi connectivity index (χ0v) is 22.0. The second-order valence-corrected chi connectivity index (χ2v) is 11.8. The summed E-state index contributed by atoms with van der Waals surface area (Å²) in [5.74, 6) is -3.74. The summed E-state index contributed by atoms with van der Waals surface area (Å²) in [5, 5.41) is 36.0. The van der Waals surface area contributed by atoms with Crippen LogP contribution in [0.4, 0.5) is 0 Å². The highest BCUT2D eigenvalue weighted by Crippen LogP contribution is 2.67. The number of esters is 1. The number of aliphatic hydroxyl groups excluding tert-OH is 1. The first-order valence-corrected chi connectivity index (χ1v) is 13.3. The molecule has 0 saturated heterocycles. The SMILES string of the molecule is C[C@@H](NC(=O)CCC(=O)OCC(=O)[C@]1(O)CC[C@H]2[C@@H]3CCC4=CC(=O)C=C[C@]4(C)[C@H]3[C@H](O)C[C@@]21C)C(=O)[O-]. The first kappa shape index (κ1) is 28.2. The zero-order valence-electron chi connectivity index (χ0n) is 22.0. The number of carbonyl (C=O) groups excluding carboxylic acids is 5. The second kappa shape index (κ2) is 10.0. The Kier molecular flexibility index (Phi) is 7.44. The molecule has 0 radical (unpaired) electrons. The summed E-state index contributed by atoms with van der Waals surface area (Å²) in [6.45, 7) is 4.46. The molecule has 3 N–H and O–H groups in total. The van der Waals surface area contributed by atoms with Crippen LogP contribution >= 0.6 is 0 Å². The van der Waals surface area contributed by atoms with Crippen molar-refractivity contribution in [3.8, 4) is 0 Å². The summed E-state index contributed by atoms with van der Waals surface area (Å²) in [7, 11) is 0. The third-order valence-corrected chi connectivity index (χ3v) is 9.76. The van der Waals surface area contributed by atoms with Gasteiger partial charge in [-0.15, -0.1) is 0 Å².